The van der Waals surface area contributed by atoms with Crippen LogP contribution in [0.5, 0.6) is 0 Å². The van der Waals surface area contributed by atoms with Crippen molar-refractivity contribution in [3.8, 4) is 0 Å². The van der Waals surface area contributed by atoms with Crippen molar-refractivity contribution in [3.63, 3.8) is 0 Å². The van der Waals surface area contributed by atoms with Crippen LogP contribution in [0, 0.1) is 5.92 Å². The van der Waals surface area contributed by atoms with Crippen molar-refractivity contribution < 1.29 is 63.1 Å². The van der Waals surface area contributed by atoms with Gasteiger partial charge in [0, 0.05) is 25.0 Å². The topological polar surface area (TPSA) is 342 Å². The number of rotatable bonds is 16. The summed E-state index contributed by atoms with van der Waals surface area (Å²) in [4.78, 5) is 13.6. The predicted octanol–water partition coefficient (Wildman–Crippen LogP) is -5.13. The van der Waals surface area contributed by atoms with E-state index in [1.54, 1.807) is 30.3 Å². The number of benzene rings is 1. The van der Waals surface area contributed by atoms with Crippen LogP contribution in [0.2, 0.25) is 0 Å². The number of nitrogens with one attached hydrogen (secondary N) is 1. The molecule has 19 nitrogen and oxygen atoms in total. The Labute approximate surface area is 319 Å². The van der Waals surface area contributed by atoms with Gasteiger partial charge in [-0.15, -0.1) is 0 Å². The Balaban J connectivity index is 1.36. The maximum absolute atomic E-state index is 15.1. The minimum atomic E-state index is -1.89. The molecule has 18 N–H and O–H groups in total. The van der Waals surface area contributed by atoms with Crippen LogP contribution in [0.15, 0.2) is 30.3 Å². The summed E-state index contributed by atoms with van der Waals surface area (Å²) in [6, 6.07) is 5.05. The van der Waals surface area contributed by atoms with Crippen LogP contribution >= 0.6 is 0 Å². The molecule has 2 saturated heterocycles. The van der Waals surface area contributed by atoms with Gasteiger partial charge in [0.15, 0.2) is 18.7 Å². The molecule has 1 amide bonds. The van der Waals surface area contributed by atoms with Gasteiger partial charge >= 0.3 is 0 Å². The van der Waals surface area contributed by atoms with E-state index in [4.69, 9.17) is 62.8 Å². The lowest BCUT2D eigenvalue weighted by atomic mass is 9.79. The maximum Gasteiger partial charge on any atom is 0.252 e. The fraction of sp³-hybridized carbons (Fsp3) is 0.800. The summed E-state index contributed by atoms with van der Waals surface area (Å²) < 4.78 is 51.3. The number of aliphatic hydroxyl groups is 5. The Hall–Kier alpha value is -2.06. The molecule has 5 rings (SSSR count). The van der Waals surface area contributed by atoms with Crippen molar-refractivity contribution in [1.29, 1.82) is 0 Å². The van der Waals surface area contributed by atoms with Crippen LogP contribution in [0.1, 0.15) is 31.2 Å². The fourth-order valence-corrected chi connectivity index (χ4v) is 7.73. The third kappa shape index (κ3) is 10.3. The van der Waals surface area contributed by atoms with Crippen LogP contribution in [0.4, 0.5) is 4.39 Å². The molecular weight excluding hydrogens is 729 g/mol. The fourth-order valence-electron chi connectivity index (χ4n) is 7.73. The molecule has 314 valence electrons. The lowest BCUT2D eigenvalue weighted by Crippen LogP contribution is -2.67. The van der Waals surface area contributed by atoms with Gasteiger partial charge in [0.1, 0.15) is 42.8 Å². The third-order valence-electron chi connectivity index (χ3n) is 11.1. The number of hydrogen-bond donors (Lipinski definition) is 12. The first-order valence-corrected chi connectivity index (χ1v) is 18.9. The van der Waals surface area contributed by atoms with Gasteiger partial charge < -0.3 is 93.7 Å². The summed E-state index contributed by atoms with van der Waals surface area (Å²) in [5.74, 6) is -1.46. The molecule has 0 aromatic heterocycles. The number of carbonyl (C=O) groups is 1. The Bertz CT molecular complexity index is 1330. The number of amides is 1. The minimum absolute atomic E-state index is 0.0289. The van der Waals surface area contributed by atoms with E-state index < -0.39 is 129 Å². The van der Waals surface area contributed by atoms with Gasteiger partial charge in [0.2, 0.25) is 0 Å². The number of carbonyl (C=O) groups excluding carboxylic acids is 1. The average Bonchev–Trinajstić information content (AvgIpc) is 3.48. The summed E-state index contributed by atoms with van der Waals surface area (Å²) in [6.45, 7) is -1.02. The molecule has 4 aliphatic rings. The van der Waals surface area contributed by atoms with E-state index in [1.165, 1.54) is 0 Å². The van der Waals surface area contributed by atoms with E-state index in [2.05, 4.69) is 5.32 Å². The van der Waals surface area contributed by atoms with Crippen LogP contribution < -0.4 is 39.7 Å². The first kappa shape index (κ1) is 44.1. The smallest absolute Gasteiger partial charge is 0.252 e. The molecule has 0 unspecified atom stereocenters. The molecule has 0 bridgehead atoms. The molecule has 1 aromatic carbocycles. The van der Waals surface area contributed by atoms with Gasteiger partial charge in [-0.3, -0.25) is 4.79 Å². The van der Waals surface area contributed by atoms with Crippen molar-refractivity contribution in [3.05, 3.63) is 35.9 Å². The van der Waals surface area contributed by atoms with Crippen molar-refractivity contribution in [2.45, 2.75) is 142 Å². The zero-order chi connectivity index (χ0) is 40.0. The molecule has 2 heterocycles. The molecular formula is C35H60FN7O12. The second-order valence-corrected chi connectivity index (χ2v) is 14.9. The monoisotopic (exact) mass is 789 g/mol. The number of halogens is 1. The Kier molecular flexibility index (Phi) is 16.1. The minimum Gasteiger partial charge on any atom is -0.394 e. The molecule has 4 fully saturated rings. The lowest BCUT2D eigenvalue weighted by molar-refractivity contribution is -0.288. The lowest BCUT2D eigenvalue weighted by Gasteiger charge is -2.46. The second kappa shape index (κ2) is 20.1. The largest absolute Gasteiger partial charge is 0.394 e. The summed E-state index contributed by atoms with van der Waals surface area (Å²) in [7, 11) is 0. The van der Waals surface area contributed by atoms with Gasteiger partial charge in [0.05, 0.1) is 55.8 Å². The molecule has 0 radical (unpaired) electrons. The maximum atomic E-state index is 15.1. The molecule has 1 aromatic rings. The SMILES string of the molecule is NC[C@@H]1CC[C@@H](N)[C@@H](O[C@H]2[C@H](O[C@@H]3O[C@H](CO)[C@@H](O[C@H]4C[C@@H](CN)[C@@H](O)[C@H](O)[C@H]4N)[C@H]3O)[C@@H](O)[C@H](NC(=O)[C@@H](OCc3ccccc3)[C@H](F)CN)C[C@@H]2N)O1. The summed E-state index contributed by atoms with van der Waals surface area (Å²) in [5, 5.41) is 57.2. The summed E-state index contributed by atoms with van der Waals surface area (Å²) >= 11 is 0. The highest BCUT2D eigenvalue weighted by molar-refractivity contribution is 5.82. The van der Waals surface area contributed by atoms with Gasteiger partial charge in [-0.2, -0.15) is 0 Å². The summed E-state index contributed by atoms with van der Waals surface area (Å²) in [5.41, 5.74) is 37.1. The summed E-state index contributed by atoms with van der Waals surface area (Å²) in [6.07, 6.45) is -17.0. The quantitative estimate of drug-likeness (QED) is 0.0745. The van der Waals surface area contributed by atoms with Crippen LogP contribution in [0.25, 0.3) is 0 Å². The van der Waals surface area contributed by atoms with Crippen molar-refractivity contribution >= 4 is 5.91 Å². The zero-order valence-corrected chi connectivity index (χ0v) is 30.7. The molecule has 20 heteroatoms. The molecule has 55 heavy (non-hydrogen) atoms. The number of aliphatic hydroxyl groups excluding tert-OH is 5. The van der Waals surface area contributed by atoms with E-state index in [-0.39, 0.29) is 38.6 Å². The molecule has 2 aliphatic heterocycles. The van der Waals surface area contributed by atoms with Gasteiger partial charge in [0.25, 0.3) is 5.91 Å². The third-order valence-corrected chi connectivity index (χ3v) is 11.1. The first-order valence-electron chi connectivity index (χ1n) is 18.9. The van der Waals surface area contributed by atoms with Crippen molar-refractivity contribution in [1.82, 2.24) is 5.32 Å². The van der Waals surface area contributed by atoms with Crippen LogP contribution in [-0.2, 0) is 39.8 Å². The van der Waals surface area contributed by atoms with Crippen molar-refractivity contribution in [2.24, 2.45) is 40.3 Å². The highest BCUT2D eigenvalue weighted by Gasteiger charge is 2.54. The van der Waals surface area contributed by atoms with Crippen LogP contribution in [-0.4, -0.2) is 168 Å². The van der Waals surface area contributed by atoms with Gasteiger partial charge in [-0.1, -0.05) is 30.3 Å². The van der Waals surface area contributed by atoms with E-state index >= 15 is 4.39 Å². The zero-order valence-electron chi connectivity index (χ0n) is 30.7. The number of nitrogens with two attached hydrogens (primary N) is 6. The number of ether oxygens (including phenoxy) is 6. The van der Waals surface area contributed by atoms with Gasteiger partial charge in [-0.25, -0.2) is 4.39 Å². The van der Waals surface area contributed by atoms with Crippen LogP contribution in [0.3, 0.4) is 0 Å². The Morgan fingerprint density at radius 3 is 2.20 bits per heavy atom. The van der Waals surface area contributed by atoms with Gasteiger partial charge in [-0.05, 0) is 37.8 Å². The Morgan fingerprint density at radius 1 is 0.836 bits per heavy atom. The van der Waals surface area contributed by atoms with E-state index in [0.717, 1.165) is 0 Å². The Morgan fingerprint density at radius 2 is 1.55 bits per heavy atom. The number of hydrogen-bond acceptors (Lipinski definition) is 18. The first-order chi connectivity index (χ1) is 26.3. The molecule has 0 spiro atoms. The van der Waals surface area contributed by atoms with E-state index in [0.29, 0.717) is 18.4 Å². The van der Waals surface area contributed by atoms with E-state index in [1.807, 2.05) is 0 Å². The molecule has 2 aliphatic carbocycles. The predicted molar refractivity (Wildman–Crippen MR) is 192 cm³/mol. The highest BCUT2D eigenvalue weighted by atomic mass is 19.1. The average molecular weight is 790 g/mol. The highest BCUT2D eigenvalue weighted by Crippen LogP contribution is 2.35. The van der Waals surface area contributed by atoms with Crippen molar-refractivity contribution in [2.75, 3.05) is 26.2 Å². The number of alkyl halides is 1. The second-order valence-electron chi connectivity index (χ2n) is 14.9. The van der Waals surface area contributed by atoms with E-state index in [9.17, 15) is 30.3 Å². The molecule has 2 saturated carbocycles. The molecule has 19 atom stereocenters. The standard InChI is InChI=1S/C35H60FN7O12/c36-18(12-39)29(50-14-15-4-2-1-3-5-15)33(49)43-21-9-20(41)30(54-34-19(40)7-6-17(11-38)51-34)32(26(21)46)55-35-28(48)31(23(13-44)53-35)52-22-8-16(10-37)25(45)27(47)24(22)42/h1-5,16-32,34-35,44-48H,6-14,37-42H2,(H,43,49)/t16-,17-,18+,19+,20-,21+,22-,23+,24-,25+,26-,27+,28+,29-,30+,31+,32+,34+,35-/m0/s1. The normalized spacial score (nSPS) is 42.1.